The Morgan fingerprint density at radius 3 is 2.50 bits per heavy atom. The lowest BCUT2D eigenvalue weighted by Gasteiger charge is -2.41. The van der Waals surface area contributed by atoms with E-state index < -0.39 is 35.8 Å². The van der Waals surface area contributed by atoms with Gasteiger partial charge in [0.15, 0.2) is 5.76 Å². The van der Waals surface area contributed by atoms with E-state index in [0.717, 1.165) is 18.6 Å². The molecule has 2 saturated heterocycles. The molecule has 2 unspecified atom stereocenters. The third-order valence-corrected chi connectivity index (χ3v) is 5.35. The van der Waals surface area contributed by atoms with Crippen molar-refractivity contribution in [2.24, 2.45) is 0 Å². The Labute approximate surface area is 147 Å². The van der Waals surface area contributed by atoms with Crippen LogP contribution >= 0.6 is 0 Å². The Balaban J connectivity index is 1.84. The third-order valence-electron chi connectivity index (χ3n) is 5.35. The van der Waals surface area contributed by atoms with Crippen LogP contribution in [0.3, 0.4) is 0 Å². The molecule has 0 saturated carbocycles. The highest BCUT2D eigenvalue weighted by atomic mass is 19.4. The fourth-order valence-electron chi connectivity index (χ4n) is 4.02. The van der Waals surface area contributed by atoms with Crippen LogP contribution in [0, 0.1) is 0 Å². The highest BCUT2D eigenvalue weighted by molar-refractivity contribution is 5.94. The molecular weight excluding hydrogens is 351 g/mol. The number of benzene rings is 1. The maximum Gasteiger partial charge on any atom is 0.416 e. The summed E-state index contributed by atoms with van der Waals surface area (Å²) < 4.78 is 49.5. The second-order valence-electron chi connectivity index (χ2n) is 6.80. The number of hydrogen-bond donors (Lipinski definition) is 0. The van der Waals surface area contributed by atoms with Crippen molar-refractivity contribution >= 4 is 17.5 Å². The molecule has 0 N–H and O–H groups in total. The van der Waals surface area contributed by atoms with Gasteiger partial charge in [-0.2, -0.15) is 13.2 Å². The molecular formula is C18H16F3NO4. The zero-order valence-corrected chi connectivity index (χ0v) is 13.9. The summed E-state index contributed by atoms with van der Waals surface area (Å²) in [5.41, 5.74) is -0.767. The second kappa shape index (κ2) is 5.57. The number of fused-ring (bicyclic) bond motifs is 1. The molecule has 1 spiro atoms. The van der Waals surface area contributed by atoms with Crippen LogP contribution in [0.4, 0.5) is 13.2 Å². The molecule has 3 aliphatic heterocycles. The van der Waals surface area contributed by atoms with E-state index in [-0.39, 0.29) is 11.8 Å². The molecule has 2 fully saturated rings. The van der Waals surface area contributed by atoms with Gasteiger partial charge < -0.3 is 9.47 Å². The number of esters is 2. The van der Waals surface area contributed by atoms with Crippen LogP contribution in [0.25, 0.3) is 5.57 Å². The summed E-state index contributed by atoms with van der Waals surface area (Å²) in [5.74, 6) is -1.15. The van der Waals surface area contributed by atoms with Crippen molar-refractivity contribution in [2.75, 3.05) is 7.05 Å². The molecule has 0 aliphatic carbocycles. The van der Waals surface area contributed by atoms with Gasteiger partial charge in [0.25, 0.3) is 0 Å². The van der Waals surface area contributed by atoms with Gasteiger partial charge in [-0.05, 0) is 37.6 Å². The molecule has 3 heterocycles. The predicted molar refractivity (Wildman–Crippen MR) is 83.3 cm³/mol. The van der Waals surface area contributed by atoms with E-state index in [1.54, 1.807) is 7.05 Å². The number of halogens is 3. The summed E-state index contributed by atoms with van der Waals surface area (Å²) in [7, 11) is 1.80. The van der Waals surface area contributed by atoms with E-state index in [0.29, 0.717) is 24.0 Å². The normalized spacial score (nSPS) is 29.2. The van der Waals surface area contributed by atoms with Gasteiger partial charge in [0.2, 0.25) is 5.72 Å². The van der Waals surface area contributed by atoms with Crippen molar-refractivity contribution < 1.29 is 32.2 Å². The van der Waals surface area contributed by atoms with Crippen LogP contribution in [0.1, 0.15) is 36.8 Å². The first-order valence-corrected chi connectivity index (χ1v) is 8.27. The average Bonchev–Trinajstić information content (AvgIpc) is 2.70. The molecule has 3 aliphatic rings. The monoisotopic (exact) mass is 367 g/mol. The van der Waals surface area contributed by atoms with Gasteiger partial charge in [-0.3, -0.25) is 14.5 Å². The lowest BCUT2D eigenvalue weighted by Crippen LogP contribution is -2.52. The predicted octanol–water partition coefficient (Wildman–Crippen LogP) is 3.10. The second-order valence-corrected chi connectivity index (χ2v) is 6.80. The molecule has 2 bridgehead atoms. The van der Waals surface area contributed by atoms with Crippen LogP contribution in [0.15, 0.2) is 30.0 Å². The van der Waals surface area contributed by atoms with Gasteiger partial charge in [-0.25, -0.2) is 0 Å². The van der Waals surface area contributed by atoms with Crippen molar-refractivity contribution in [3.8, 4) is 0 Å². The van der Waals surface area contributed by atoms with Gasteiger partial charge in [0.05, 0.1) is 5.56 Å². The van der Waals surface area contributed by atoms with Crippen molar-refractivity contribution in [3.05, 3.63) is 41.2 Å². The lowest BCUT2D eigenvalue weighted by atomic mass is 9.91. The molecule has 8 heteroatoms. The number of rotatable bonds is 1. The summed E-state index contributed by atoms with van der Waals surface area (Å²) in [6.07, 6.45) is -3.19. The molecule has 0 radical (unpaired) electrons. The Hall–Kier alpha value is -2.35. The van der Waals surface area contributed by atoms with Gasteiger partial charge in [0, 0.05) is 18.0 Å². The molecule has 1 aromatic rings. The standard InChI is InChI=1S/C18H16F3NO4/c1-22-12-6-7-17(22)16(25-14(23)9-15(24)26-17)13(8-12)10-2-4-11(5-3-10)18(19,20)21/h2-5,12H,6-9H2,1H3. The van der Waals surface area contributed by atoms with Crippen LogP contribution in [-0.4, -0.2) is 35.7 Å². The minimum atomic E-state index is -4.42. The maximum atomic E-state index is 12.8. The number of carbonyl (C=O) groups excluding carboxylic acids is 2. The number of likely N-dealkylation sites (N-methyl/N-ethyl adjacent to an activating group) is 1. The summed E-state index contributed by atoms with van der Waals surface area (Å²) in [5, 5.41) is 0. The third kappa shape index (κ3) is 2.51. The smallest absolute Gasteiger partial charge is 0.416 e. The van der Waals surface area contributed by atoms with E-state index in [4.69, 9.17) is 9.47 Å². The quantitative estimate of drug-likeness (QED) is 0.564. The highest BCUT2D eigenvalue weighted by Gasteiger charge is 2.57. The fourth-order valence-corrected chi connectivity index (χ4v) is 4.02. The van der Waals surface area contributed by atoms with E-state index in [1.807, 2.05) is 4.90 Å². The summed E-state index contributed by atoms with van der Waals surface area (Å²) in [6.45, 7) is 0. The minimum Gasteiger partial charge on any atom is -0.435 e. The summed E-state index contributed by atoms with van der Waals surface area (Å²) >= 11 is 0. The Kier molecular flexibility index (Phi) is 3.66. The van der Waals surface area contributed by atoms with Gasteiger partial charge >= 0.3 is 18.1 Å². The van der Waals surface area contributed by atoms with Crippen molar-refractivity contribution in [1.82, 2.24) is 4.90 Å². The zero-order chi connectivity index (χ0) is 18.7. The van der Waals surface area contributed by atoms with Crippen LogP contribution < -0.4 is 0 Å². The van der Waals surface area contributed by atoms with E-state index in [2.05, 4.69) is 0 Å². The lowest BCUT2D eigenvalue weighted by molar-refractivity contribution is -0.172. The van der Waals surface area contributed by atoms with Crippen molar-refractivity contribution in [3.63, 3.8) is 0 Å². The van der Waals surface area contributed by atoms with Gasteiger partial charge in [-0.1, -0.05) is 12.1 Å². The Morgan fingerprint density at radius 1 is 1.15 bits per heavy atom. The molecule has 4 rings (SSSR count). The number of carbonyl (C=O) groups is 2. The number of ether oxygens (including phenoxy) is 2. The molecule has 0 amide bonds. The largest absolute Gasteiger partial charge is 0.435 e. The summed E-state index contributed by atoms with van der Waals surface area (Å²) in [6, 6.07) is 4.79. The first-order valence-electron chi connectivity index (χ1n) is 8.27. The van der Waals surface area contributed by atoms with Gasteiger partial charge in [0.1, 0.15) is 6.42 Å². The molecule has 2 atom stereocenters. The molecule has 5 nitrogen and oxygen atoms in total. The SMILES string of the molecule is CN1C2CCC13OC(=O)CC(=O)OC3=C(c1ccc(C(F)(F)F)cc1)C2. The topological polar surface area (TPSA) is 55.8 Å². The zero-order valence-electron chi connectivity index (χ0n) is 13.9. The summed E-state index contributed by atoms with van der Waals surface area (Å²) in [4.78, 5) is 25.8. The van der Waals surface area contributed by atoms with Crippen molar-refractivity contribution in [2.45, 2.75) is 43.6 Å². The first kappa shape index (κ1) is 17.1. The van der Waals surface area contributed by atoms with Gasteiger partial charge in [-0.15, -0.1) is 0 Å². The highest BCUT2D eigenvalue weighted by Crippen LogP contribution is 2.51. The molecule has 1 aromatic carbocycles. The van der Waals surface area contributed by atoms with E-state index in [9.17, 15) is 22.8 Å². The molecule has 0 aromatic heterocycles. The van der Waals surface area contributed by atoms with E-state index >= 15 is 0 Å². The Morgan fingerprint density at radius 2 is 1.85 bits per heavy atom. The number of hydrogen-bond acceptors (Lipinski definition) is 5. The van der Waals surface area contributed by atoms with E-state index in [1.165, 1.54) is 12.1 Å². The average molecular weight is 367 g/mol. The maximum absolute atomic E-state index is 12.8. The number of alkyl halides is 3. The minimum absolute atomic E-state index is 0.0562. The molecule has 26 heavy (non-hydrogen) atoms. The van der Waals surface area contributed by atoms with Crippen LogP contribution in [0.5, 0.6) is 0 Å². The Bertz CT molecular complexity index is 815. The number of nitrogens with zero attached hydrogens (tertiary/aromatic N) is 1. The van der Waals surface area contributed by atoms with Crippen LogP contribution in [-0.2, 0) is 25.2 Å². The first-order chi connectivity index (χ1) is 12.2. The van der Waals surface area contributed by atoms with Crippen LogP contribution in [0.2, 0.25) is 0 Å². The molecule has 138 valence electrons. The van der Waals surface area contributed by atoms with Crippen molar-refractivity contribution in [1.29, 1.82) is 0 Å². The fraction of sp³-hybridized carbons (Fsp3) is 0.444.